The van der Waals surface area contributed by atoms with Crippen molar-refractivity contribution < 1.29 is 21.9 Å². The zero-order valence-corrected chi connectivity index (χ0v) is 7.49. The first-order valence-electron chi connectivity index (χ1n) is 2.06. The third kappa shape index (κ3) is 15.7. The average Bonchev–Trinajstić information content (AvgIpc) is 2.17. The quantitative estimate of drug-likeness (QED) is 0.355. The van der Waals surface area contributed by atoms with Gasteiger partial charge in [-0.25, -0.2) is 12.1 Å². The summed E-state index contributed by atoms with van der Waals surface area (Å²) in [4.78, 5) is 8.45. The van der Waals surface area contributed by atoms with Crippen LogP contribution in [-0.2, 0) is 21.9 Å². The van der Waals surface area contributed by atoms with Crippen molar-refractivity contribution in [3.8, 4) is 0 Å². The minimum Gasteiger partial charge on any atom is -0.525 e. The van der Waals surface area contributed by atoms with Crippen LogP contribution in [0.2, 0.25) is 0 Å². The molecule has 0 N–H and O–H groups in total. The van der Waals surface area contributed by atoms with Crippen LogP contribution in [0.25, 0.3) is 0 Å². The second kappa shape index (κ2) is 15.9. The van der Waals surface area contributed by atoms with Crippen molar-refractivity contribution >= 4 is 17.3 Å². The van der Waals surface area contributed by atoms with Gasteiger partial charge < -0.3 is 23.8 Å². The Morgan fingerprint density at radius 3 is 1.70 bits per heavy atom. The predicted octanol–water partition coefficient (Wildman–Crippen LogP) is 2.15. The molecule has 0 spiro atoms. The van der Waals surface area contributed by atoms with E-state index in [1.807, 2.05) is 30.3 Å². The van der Waals surface area contributed by atoms with Crippen molar-refractivity contribution in [2.24, 2.45) is 0 Å². The van der Waals surface area contributed by atoms with E-state index in [4.69, 9.17) is 4.79 Å². The fourth-order valence-electron chi connectivity index (χ4n) is 0.321. The maximum atomic E-state index is 8.45. The number of hydrogen-bond acceptors (Lipinski definition) is 1. The maximum absolute atomic E-state index is 8.45. The summed E-state index contributed by atoms with van der Waals surface area (Å²) in [6.07, 6.45) is 0. The molecule has 0 aliphatic heterocycles. The zero-order chi connectivity index (χ0) is 6.24. The van der Waals surface area contributed by atoms with Crippen molar-refractivity contribution in [1.29, 1.82) is 0 Å². The summed E-state index contributed by atoms with van der Waals surface area (Å²) in [5.41, 5.74) is 0. The van der Waals surface area contributed by atoms with Gasteiger partial charge in [-0.05, 0) is 0 Å². The fourth-order valence-corrected chi connectivity index (χ4v) is 0.321. The standard InChI is InChI=1S/C5H5.CClO.CH3.Mn/c1-2-4-5-3-1;2-1-3;;/h1-5H;;1H3;/q3*-1;+3. The van der Waals surface area contributed by atoms with Gasteiger partial charge in [0.05, 0.1) is 0 Å². The van der Waals surface area contributed by atoms with Gasteiger partial charge in [-0.15, -0.1) is 0 Å². The summed E-state index contributed by atoms with van der Waals surface area (Å²) < 4.78 is 0. The van der Waals surface area contributed by atoms with Gasteiger partial charge in [-0.3, -0.25) is 0 Å². The molecule has 0 heterocycles. The minimum atomic E-state index is 0. The molecule has 1 aromatic carbocycles. The van der Waals surface area contributed by atoms with E-state index in [2.05, 4.69) is 11.6 Å². The van der Waals surface area contributed by atoms with Crippen LogP contribution in [-0.4, -0.2) is 5.75 Å². The number of rotatable bonds is 0. The van der Waals surface area contributed by atoms with E-state index in [1.54, 1.807) is 0 Å². The Morgan fingerprint density at radius 2 is 1.60 bits per heavy atom. The van der Waals surface area contributed by atoms with Gasteiger partial charge in [0.2, 0.25) is 0 Å². The minimum absolute atomic E-state index is 0. The van der Waals surface area contributed by atoms with Crippen LogP contribution in [0, 0.1) is 7.43 Å². The van der Waals surface area contributed by atoms with Gasteiger partial charge in [-0.2, -0.15) is 23.9 Å². The van der Waals surface area contributed by atoms with Crippen molar-refractivity contribution in [2.45, 2.75) is 0 Å². The van der Waals surface area contributed by atoms with Crippen LogP contribution >= 0.6 is 11.6 Å². The number of halogens is 1. The van der Waals surface area contributed by atoms with E-state index in [9.17, 15) is 0 Å². The normalized spacial score (nSPS) is 5.30. The monoisotopic (exact) mass is 198 g/mol. The second-order valence-electron chi connectivity index (χ2n) is 1.04. The number of hydrogen-bond donors (Lipinski definition) is 0. The van der Waals surface area contributed by atoms with Gasteiger partial charge in [0.25, 0.3) is 0 Å². The van der Waals surface area contributed by atoms with Crippen molar-refractivity contribution in [1.82, 2.24) is 0 Å². The van der Waals surface area contributed by atoms with Gasteiger partial charge in [0.1, 0.15) is 0 Å². The van der Waals surface area contributed by atoms with E-state index >= 15 is 0 Å². The Bertz CT molecular complexity index is 99.9. The largest absolute Gasteiger partial charge is 3.00 e. The molecule has 1 nitrogen and oxygen atoms in total. The van der Waals surface area contributed by atoms with E-state index in [0.29, 0.717) is 0 Å². The molecule has 0 bridgehead atoms. The van der Waals surface area contributed by atoms with Crippen molar-refractivity contribution in [2.75, 3.05) is 0 Å². The first-order chi connectivity index (χ1) is 3.91. The molecule has 1 aromatic rings. The molecule has 0 atom stereocenters. The van der Waals surface area contributed by atoms with E-state index < -0.39 is 0 Å². The Hall–Kier alpha value is -0.171. The van der Waals surface area contributed by atoms with E-state index in [-0.39, 0.29) is 24.5 Å². The smallest absolute Gasteiger partial charge is 0.525 e. The molecule has 56 valence electrons. The average molecular weight is 199 g/mol. The molecule has 0 radical (unpaired) electrons. The fraction of sp³-hybridized carbons (Fsp3) is 0. The molecule has 3 heteroatoms. The Balaban J connectivity index is -0.0000000900. The van der Waals surface area contributed by atoms with Crippen LogP contribution in [0.1, 0.15) is 0 Å². The van der Waals surface area contributed by atoms with Gasteiger partial charge in [-0.1, -0.05) is 0 Å². The Morgan fingerprint density at radius 1 is 1.30 bits per heavy atom. The van der Waals surface area contributed by atoms with Gasteiger partial charge in [0, 0.05) is 0 Å². The maximum Gasteiger partial charge on any atom is 3.00 e. The number of carbonyl (C=O) groups excluding carboxylic acids is 1. The molecular formula is C7H8ClMnO. The molecule has 0 aliphatic rings. The van der Waals surface area contributed by atoms with Crippen LogP contribution in [0.3, 0.4) is 0 Å². The Labute approximate surface area is 77.2 Å². The third-order valence-electron chi connectivity index (χ3n) is 0.556. The van der Waals surface area contributed by atoms with Crippen LogP contribution in [0.15, 0.2) is 30.3 Å². The first-order valence-corrected chi connectivity index (χ1v) is 2.44. The summed E-state index contributed by atoms with van der Waals surface area (Å²) >= 11 is 4.19. The summed E-state index contributed by atoms with van der Waals surface area (Å²) in [6, 6.07) is 10.0. The van der Waals surface area contributed by atoms with Crippen LogP contribution in [0.4, 0.5) is 0 Å². The molecule has 0 aromatic heterocycles. The van der Waals surface area contributed by atoms with Crippen molar-refractivity contribution in [3.05, 3.63) is 37.8 Å². The third-order valence-corrected chi connectivity index (χ3v) is 0.556. The van der Waals surface area contributed by atoms with Crippen LogP contribution < -0.4 is 0 Å². The van der Waals surface area contributed by atoms with Crippen LogP contribution in [0.5, 0.6) is 0 Å². The zero-order valence-electron chi connectivity index (χ0n) is 5.55. The molecular weight excluding hydrogens is 190 g/mol. The summed E-state index contributed by atoms with van der Waals surface area (Å²) in [6.45, 7) is 0. The Kier molecular flexibility index (Phi) is 26.2. The second-order valence-corrected chi connectivity index (χ2v) is 1.19. The molecule has 0 fully saturated rings. The SMILES string of the molecule is O=[C-]Cl.[CH3-].[Mn+3].c1cc[cH-]c1. The summed E-state index contributed by atoms with van der Waals surface area (Å²) in [7, 11) is 0. The predicted molar refractivity (Wildman–Crippen MR) is 40.0 cm³/mol. The summed E-state index contributed by atoms with van der Waals surface area (Å²) in [5.74, 6) is 0.972. The van der Waals surface area contributed by atoms with E-state index in [1.165, 1.54) is 0 Å². The molecule has 0 saturated heterocycles. The molecule has 1 rings (SSSR count). The molecule has 0 amide bonds. The van der Waals surface area contributed by atoms with Gasteiger partial charge >= 0.3 is 17.1 Å². The van der Waals surface area contributed by atoms with Crippen molar-refractivity contribution in [3.63, 3.8) is 0 Å². The topological polar surface area (TPSA) is 17.1 Å². The van der Waals surface area contributed by atoms with E-state index in [0.717, 1.165) is 5.75 Å². The first kappa shape index (κ1) is 16.4. The molecule has 10 heavy (non-hydrogen) atoms. The molecule has 0 saturated carbocycles. The molecule has 0 unspecified atom stereocenters. The summed E-state index contributed by atoms with van der Waals surface area (Å²) in [5, 5.41) is 0. The molecule has 0 aliphatic carbocycles. The van der Waals surface area contributed by atoms with Gasteiger partial charge in [0.15, 0.2) is 0 Å².